The Kier molecular flexibility index (Phi) is 4.98. The van der Waals surface area contributed by atoms with Crippen molar-refractivity contribution in [2.75, 3.05) is 0 Å². The third-order valence-corrected chi connectivity index (χ3v) is 5.06. The fourth-order valence-electron chi connectivity index (χ4n) is 3.41. The first kappa shape index (κ1) is 17.8. The van der Waals surface area contributed by atoms with Crippen molar-refractivity contribution >= 4 is 28.6 Å². The van der Waals surface area contributed by atoms with Crippen LogP contribution >= 0.6 is 11.6 Å². The predicted octanol–water partition coefficient (Wildman–Crippen LogP) is 2.27. The number of oxazole rings is 1. The maximum absolute atomic E-state index is 12.2. The first-order chi connectivity index (χ1) is 13.1. The third-order valence-electron chi connectivity index (χ3n) is 4.82. The molecule has 3 heterocycles. The highest BCUT2D eigenvalue weighted by molar-refractivity contribution is 6.31. The minimum absolute atomic E-state index is 0.156. The quantitative estimate of drug-likeness (QED) is 0.722. The molecule has 0 spiro atoms. The molecule has 3 aromatic rings. The highest BCUT2D eigenvalue weighted by Gasteiger charge is 2.16. The molecule has 1 aliphatic rings. The molecule has 2 aromatic heterocycles. The Morgan fingerprint density at radius 3 is 3.04 bits per heavy atom. The zero-order valence-electron chi connectivity index (χ0n) is 14.8. The zero-order valence-corrected chi connectivity index (χ0v) is 15.5. The van der Waals surface area contributed by atoms with Gasteiger partial charge in [-0.25, -0.2) is 4.79 Å². The summed E-state index contributed by atoms with van der Waals surface area (Å²) in [7, 11) is 0. The van der Waals surface area contributed by atoms with E-state index in [0.717, 1.165) is 37.5 Å². The molecule has 1 amide bonds. The van der Waals surface area contributed by atoms with Crippen molar-refractivity contribution in [3.8, 4) is 0 Å². The van der Waals surface area contributed by atoms with Crippen LogP contribution in [0.4, 0.5) is 0 Å². The van der Waals surface area contributed by atoms with Crippen LogP contribution in [-0.2, 0) is 30.8 Å². The number of carbonyl (C=O) groups is 1. The molecule has 142 valence electrons. The van der Waals surface area contributed by atoms with Crippen molar-refractivity contribution in [1.82, 2.24) is 24.6 Å². The Morgan fingerprint density at radius 2 is 2.15 bits per heavy atom. The Bertz CT molecular complexity index is 1040. The lowest BCUT2D eigenvalue weighted by atomic mass is 10.2. The van der Waals surface area contributed by atoms with Gasteiger partial charge >= 0.3 is 5.76 Å². The molecule has 0 saturated carbocycles. The van der Waals surface area contributed by atoms with Crippen LogP contribution in [0.2, 0.25) is 5.02 Å². The summed E-state index contributed by atoms with van der Waals surface area (Å²) >= 11 is 5.91. The van der Waals surface area contributed by atoms with E-state index >= 15 is 0 Å². The van der Waals surface area contributed by atoms with Gasteiger partial charge < -0.3 is 14.3 Å². The first-order valence-corrected chi connectivity index (χ1v) is 9.46. The largest absolute Gasteiger partial charge is 0.419 e. The van der Waals surface area contributed by atoms with E-state index in [0.29, 0.717) is 22.7 Å². The summed E-state index contributed by atoms with van der Waals surface area (Å²) in [4.78, 5) is 24.2. The number of amides is 1. The lowest BCUT2D eigenvalue weighted by Crippen LogP contribution is -2.27. The molecule has 0 aliphatic carbocycles. The molecule has 1 aromatic carbocycles. The fourth-order valence-corrected chi connectivity index (χ4v) is 3.57. The van der Waals surface area contributed by atoms with E-state index in [2.05, 4.69) is 20.1 Å². The minimum Gasteiger partial charge on any atom is -0.408 e. The smallest absolute Gasteiger partial charge is 0.408 e. The van der Waals surface area contributed by atoms with E-state index in [1.807, 2.05) is 0 Å². The van der Waals surface area contributed by atoms with Gasteiger partial charge in [-0.1, -0.05) is 18.0 Å². The maximum Gasteiger partial charge on any atom is 0.419 e. The van der Waals surface area contributed by atoms with E-state index in [-0.39, 0.29) is 18.9 Å². The first-order valence-electron chi connectivity index (χ1n) is 9.08. The summed E-state index contributed by atoms with van der Waals surface area (Å²) in [6.07, 6.45) is 4.52. The predicted molar refractivity (Wildman–Crippen MR) is 99.5 cm³/mol. The molecule has 4 rings (SSSR count). The van der Waals surface area contributed by atoms with Gasteiger partial charge in [-0.05, 0) is 25.0 Å². The summed E-state index contributed by atoms with van der Waals surface area (Å²) in [6, 6.07) is 4.99. The molecule has 9 heteroatoms. The van der Waals surface area contributed by atoms with Crippen LogP contribution in [0.1, 0.15) is 37.3 Å². The molecule has 8 nitrogen and oxygen atoms in total. The number of carbonyl (C=O) groups excluding carboxylic acids is 1. The normalized spacial score (nSPS) is 14.1. The van der Waals surface area contributed by atoms with Crippen molar-refractivity contribution in [2.45, 2.75) is 51.7 Å². The van der Waals surface area contributed by atoms with Crippen LogP contribution in [0, 0.1) is 0 Å². The second-order valence-electron chi connectivity index (χ2n) is 6.65. The zero-order chi connectivity index (χ0) is 18.8. The second kappa shape index (κ2) is 7.56. The van der Waals surface area contributed by atoms with Gasteiger partial charge in [0, 0.05) is 37.0 Å². The fraction of sp³-hybridized carbons (Fsp3) is 0.444. The molecule has 0 saturated heterocycles. The van der Waals surface area contributed by atoms with Gasteiger partial charge in [-0.2, -0.15) is 0 Å². The number of fused-ring (bicyclic) bond motifs is 2. The third kappa shape index (κ3) is 3.75. The number of hydrogen-bond acceptors (Lipinski definition) is 5. The van der Waals surface area contributed by atoms with Crippen LogP contribution in [0.3, 0.4) is 0 Å². The van der Waals surface area contributed by atoms with E-state index in [4.69, 9.17) is 16.0 Å². The number of nitrogens with one attached hydrogen (secondary N) is 1. The van der Waals surface area contributed by atoms with Gasteiger partial charge in [0.05, 0.1) is 12.1 Å². The molecule has 1 N–H and O–H groups in total. The van der Waals surface area contributed by atoms with Crippen molar-refractivity contribution in [1.29, 1.82) is 0 Å². The van der Waals surface area contributed by atoms with Gasteiger partial charge in [0.25, 0.3) is 0 Å². The molecule has 0 bridgehead atoms. The van der Waals surface area contributed by atoms with E-state index in [1.54, 1.807) is 18.2 Å². The Balaban J connectivity index is 1.38. The standard InChI is InChI=1S/C18H20ClN5O3/c19-12-5-6-13-14(10-12)27-18(26)23(13)9-7-17(25)20-11-16-22-21-15-4-2-1-3-8-24(15)16/h5-6,10H,1-4,7-9,11H2,(H,20,25). The summed E-state index contributed by atoms with van der Waals surface area (Å²) < 4.78 is 8.72. The molecule has 27 heavy (non-hydrogen) atoms. The van der Waals surface area contributed by atoms with Gasteiger partial charge in [0.15, 0.2) is 11.4 Å². The Hall–Kier alpha value is -2.61. The lowest BCUT2D eigenvalue weighted by Gasteiger charge is -2.08. The molecular weight excluding hydrogens is 370 g/mol. The van der Waals surface area contributed by atoms with Gasteiger partial charge in [-0.15, -0.1) is 10.2 Å². The summed E-state index contributed by atoms with van der Waals surface area (Å²) in [6.45, 7) is 1.46. The monoisotopic (exact) mass is 389 g/mol. The van der Waals surface area contributed by atoms with E-state index in [9.17, 15) is 9.59 Å². The van der Waals surface area contributed by atoms with Crippen LogP contribution in [0.25, 0.3) is 11.1 Å². The molecule has 0 fully saturated rings. The number of aromatic nitrogens is 4. The topological polar surface area (TPSA) is 94.9 Å². The van der Waals surface area contributed by atoms with Crippen molar-refractivity contribution in [2.24, 2.45) is 0 Å². The highest BCUT2D eigenvalue weighted by atomic mass is 35.5. The average Bonchev–Trinajstić information content (AvgIpc) is 3.07. The average molecular weight is 390 g/mol. The van der Waals surface area contributed by atoms with Crippen LogP contribution in [0.15, 0.2) is 27.4 Å². The second-order valence-corrected chi connectivity index (χ2v) is 7.09. The number of hydrogen-bond donors (Lipinski definition) is 1. The number of nitrogens with zero attached hydrogens (tertiary/aromatic N) is 4. The number of benzene rings is 1. The molecule has 0 atom stereocenters. The molecule has 1 aliphatic heterocycles. The lowest BCUT2D eigenvalue weighted by molar-refractivity contribution is -0.121. The Morgan fingerprint density at radius 1 is 1.26 bits per heavy atom. The highest BCUT2D eigenvalue weighted by Crippen LogP contribution is 2.18. The maximum atomic E-state index is 12.2. The van der Waals surface area contributed by atoms with Gasteiger partial charge in [0.2, 0.25) is 5.91 Å². The van der Waals surface area contributed by atoms with Gasteiger partial charge in [-0.3, -0.25) is 9.36 Å². The van der Waals surface area contributed by atoms with Crippen LogP contribution < -0.4 is 11.1 Å². The summed E-state index contributed by atoms with van der Waals surface area (Å²) in [5, 5.41) is 11.8. The summed E-state index contributed by atoms with van der Waals surface area (Å²) in [5.74, 6) is 1.12. The Labute approximate surface area is 160 Å². The van der Waals surface area contributed by atoms with Crippen molar-refractivity contribution in [3.63, 3.8) is 0 Å². The van der Waals surface area contributed by atoms with Crippen molar-refractivity contribution < 1.29 is 9.21 Å². The van der Waals surface area contributed by atoms with Crippen molar-refractivity contribution in [3.05, 3.63) is 45.4 Å². The number of rotatable bonds is 5. The van der Waals surface area contributed by atoms with Gasteiger partial charge in [0.1, 0.15) is 5.82 Å². The van der Waals surface area contributed by atoms with E-state index in [1.165, 1.54) is 11.0 Å². The summed E-state index contributed by atoms with van der Waals surface area (Å²) in [5.41, 5.74) is 1.04. The molecular formula is C18H20ClN5O3. The molecule has 0 radical (unpaired) electrons. The van der Waals surface area contributed by atoms with Crippen LogP contribution in [-0.4, -0.2) is 25.2 Å². The SMILES string of the molecule is O=C(CCn1c(=O)oc2cc(Cl)ccc21)NCc1nnc2n1CCCCC2. The number of halogens is 1. The van der Waals surface area contributed by atoms with E-state index < -0.39 is 5.76 Å². The number of aryl methyl sites for hydroxylation is 2. The minimum atomic E-state index is -0.497. The molecule has 0 unspecified atom stereocenters. The van der Waals surface area contributed by atoms with Crippen LogP contribution in [0.5, 0.6) is 0 Å².